The average molecular weight is 375 g/mol. The fraction of sp³-hybridized carbons (Fsp3) is 0.333. The molecule has 1 amide bonds. The van der Waals surface area contributed by atoms with E-state index in [2.05, 4.69) is 5.32 Å². The van der Waals surface area contributed by atoms with Crippen LogP contribution < -0.4 is 10.1 Å². The van der Waals surface area contributed by atoms with E-state index in [9.17, 15) is 14.7 Å². The number of rotatable bonds is 3. The Morgan fingerprint density at radius 2 is 1.96 bits per heavy atom. The Labute approximate surface area is 153 Å². The van der Waals surface area contributed by atoms with Crippen molar-refractivity contribution in [2.24, 2.45) is 0 Å². The zero-order chi connectivity index (χ0) is 17.4. The van der Waals surface area contributed by atoms with Gasteiger partial charge in [-0.3, -0.25) is 4.79 Å². The highest BCUT2D eigenvalue weighted by molar-refractivity contribution is 7.99. The first kappa shape index (κ1) is 16.5. The van der Waals surface area contributed by atoms with Gasteiger partial charge in [0.1, 0.15) is 17.9 Å². The fourth-order valence-electron chi connectivity index (χ4n) is 3.20. The molecule has 1 aromatic heterocycles. The van der Waals surface area contributed by atoms with Crippen molar-refractivity contribution < 1.29 is 19.4 Å². The molecular formula is C18H17NO4S2. The smallest absolute Gasteiger partial charge is 0.329 e. The van der Waals surface area contributed by atoms with Crippen molar-refractivity contribution >= 4 is 35.0 Å². The molecule has 2 aromatic rings. The number of para-hydroxylation sites is 1. The number of hydrogen-bond donors (Lipinski definition) is 2. The van der Waals surface area contributed by atoms with E-state index in [0.717, 1.165) is 33.3 Å². The van der Waals surface area contributed by atoms with E-state index >= 15 is 0 Å². The molecule has 0 radical (unpaired) electrons. The van der Waals surface area contributed by atoms with Crippen molar-refractivity contribution in [1.82, 2.24) is 5.32 Å². The summed E-state index contributed by atoms with van der Waals surface area (Å²) in [6, 6.07) is 9.57. The molecule has 1 saturated heterocycles. The van der Waals surface area contributed by atoms with Crippen molar-refractivity contribution in [3.05, 3.63) is 40.8 Å². The Bertz CT molecular complexity index is 839. The van der Waals surface area contributed by atoms with Crippen molar-refractivity contribution in [1.29, 1.82) is 0 Å². The van der Waals surface area contributed by atoms with Crippen LogP contribution in [0.5, 0.6) is 5.75 Å². The van der Waals surface area contributed by atoms with E-state index in [1.165, 1.54) is 11.3 Å². The summed E-state index contributed by atoms with van der Waals surface area (Å²) in [5.74, 6) is 1.04. The molecule has 25 heavy (non-hydrogen) atoms. The number of thioether (sulfide) groups is 1. The fourth-order valence-corrected chi connectivity index (χ4v) is 5.48. The predicted octanol–water partition coefficient (Wildman–Crippen LogP) is 3.39. The largest absolute Gasteiger partial charge is 0.488 e. The minimum Gasteiger partial charge on any atom is -0.488 e. The van der Waals surface area contributed by atoms with Crippen LogP contribution in [-0.4, -0.2) is 34.0 Å². The highest BCUT2D eigenvalue weighted by Gasteiger charge is 2.41. The summed E-state index contributed by atoms with van der Waals surface area (Å²) < 4.78 is 5.73. The van der Waals surface area contributed by atoms with E-state index in [1.54, 1.807) is 11.8 Å². The highest BCUT2D eigenvalue weighted by atomic mass is 32.2. The number of carbonyl (C=O) groups excluding carboxylic acids is 1. The van der Waals surface area contributed by atoms with E-state index in [4.69, 9.17) is 4.74 Å². The molecule has 2 aliphatic rings. The first-order valence-electron chi connectivity index (χ1n) is 8.08. The first-order chi connectivity index (χ1) is 12.1. The summed E-state index contributed by atoms with van der Waals surface area (Å²) in [6.07, 6.45) is 0.908. The van der Waals surface area contributed by atoms with Gasteiger partial charge in [-0.2, -0.15) is 11.8 Å². The van der Waals surface area contributed by atoms with Gasteiger partial charge in [-0.25, -0.2) is 4.79 Å². The SMILES string of the molecule is O=C(NC1(C(=O)O)CCSCC1)c1cc2c(s1)-c1ccccc1OC2. The van der Waals surface area contributed by atoms with Gasteiger partial charge >= 0.3 is 5.97 Å². The van der Waals surface area contributed by atoms with Gasteiger partial charge < -0.3 is 15.2 Å². The van der Waals surface area contributed by atoms with Crippen LogP contribution in [0, 0.1) is 0 Å². The predicted molar refractivity (Wildman–Crippen MR) is 98.5 cm³/mol. The quantitative estimate of drug-likeness (QED) is 0.860. The maximum atomic E-state index is 12.7. The molecule has 0 atom stereocenters. The van der Waals surface area contributed by atoms with Gasteiger partial charge in [0.05, 0.1) is 4.88 Å². The molecule has 0 saturated carbocycles. The average Bonchev–Trinajstić information content (AvgIpc) is 3.07. The van der Waals surface area contributed by atoms with Gasteiger partial charge in [0.15, 0.2) is 0 Å². The van der Waals surface area contributed by atoms with E-state index in [-0.39, 0.29) is 5.91 Å². The number of ether oxygens (including phenoxy) is 1. The third-order valence-electron chi connectivity index (χ3n) is 4.66. The molecule has 0 bridgehead atoms. The van der Waals surface area contributed by atoms with Gasteiger partial charge in [0.25, 0.3) is 5.91 Å². The molecule has 0 aliphatic carbocycles. The normalized spacial score (nSPS) is 17.8. The minimum absolute atomic E-state index is 0.314. The van der Waals surface area contributed by atoms with Crippen molar-refractivity contribution in [3.8, 4) is 16.2 Å². The summed E-state index contributed by atoms with van der Waals surface area (Å²) in [5, 5.41) is 12.4. The second-order valence-corrected chi connectivity index (χ2v) is 8.48. The summed E-state index contributed by atoms with van der Waals surface area (Å²) in [7, 11) is 0. The highest BCUT2D eigenvalue weighted by Crippen LogP contribution is 2.42. The topological polar surface area (TPSA) is 75.6 Å². The van der Waals surface area contributed by atoms with Crippen molar-refractivity contribution in [2.45, 2.75) is 25.0 Å². The van der Waals surface area contributed by atoms with Crippen molar-refractivity contribution in [3.63, 3.8) is 0 Å². The van der Waals surface area contributed by atoms with Gasteiger partial charge in [-0.1, -0.05) is 12.1 Å². The van der Waals surface area contributed by atoms with Crippen LogP contribution in [0.3, 0.4) is 0 Å². The van der Waals surface area contributed by atoms with Crippen LogP contribution in [-0.2, 0) is 11.4 Å². The Balaban J connectivity index is 1.62. The van der Waals surface area contributed by atoms with Crippen LogP contribution in [0.4, 0.5) is 0 Å². The Hall–Kier alpha value is -1.99. The Kier molecular flexibility index (Phi) is 4.21. The summed E-state index contributed by atoms with van der Waals surface area (Å²) in [5.41, 5.74) is 0.800. The van der Waals surface area contributed by atoms with Crippen LogP contribution in [0.15, 0.2) is 30.3 Å². The summed E-state index contributed by atoms with van der Waals surface area (Å²) >= 11 is 3.12. The van der Waals surface area contributed by atoms with Crippen LogP contribution in [0.25, 0.3) is 10.4 Å². The Morgan fingerprint density at radius 1 is 1.20 bits per heavy atom. The number of amides is 1. The molecule has 2 aliphatic heterocycles. The van der Waals surface area contributed by atoms with Gasteiger partial charge in [-0.15, -0.1) is 11.3 Å². The monoisotopic (exact) mass is 375 g/mol. The molecule has 0 spiro atoms. The van der Waals surface area contributed by atoms with E-state index in [1.807, 2.05) is 30.3 Å². The lowest BCUT2D eigenvalue weighted by molar-refractivity contribution is -0.144. The maximum absolute atomic E-state index is 12.7. The molecule has 3 heterocycles. The molecule has 130 valence electrons. The number of carbonyl (C=O) groups is 2. The molecule has 1 fully saturated rings. The maximum Gasteiger partial charge on any atom is 0.329 e. The number of carboxylic acid groups (broad SMARTS) is 1. The van der Waals surface area contributed by atoms with Gasteiger partial charge in [0.2, 0.25) is 0 Å². The number of nitrogens with one attached hydrogen (secondary N) is 1. The molecular weight excluding hydrogens is 358 g/mol. The standard InChI is InChI=1S/C18H17NO4S2/c20-16(19-18(17(21)22)5-7-24-8-6-18)14-9-11-10-23-13-4-2-1-3-12(13)15(11)25-14/h1-4,9H,5-8,10H2,(H,19,20)(H,21,22). The van der Waals surface area contributed by atoms with Gasteiger partial charge in [0, 0.05) is 16.0 Å². The number of carboxylic acids is 1. The minimum atomic E-state index is -1.15. The lowest BCUT2D eigenvalue weighted by Crippen LogP contribution is -2.56. The second-order valence-electron chi connectivity index (χ2n) is 6.20. The molecule has 4 rings (SSSR count). The summed E-state index contributed by atoms with van der Waals surface area (Å²) in [4.78, 5) is 26.1. The number of benzene rings is 1. The van der Waals surface area contributed by atoms with Crippen LogP contribution in [0.2, 0.25) is 0 Å². The van der Waals surface area contributed by atoms with Gasteiger partial charge in [-0.05, 0) is 42.5 Å². The van der Waals surface area contributed by atoms with Crippen molar-refractivity contribution in [2.75, 3.05) is 11.5 Å². The molecule has 7 heteroatoms. The Morgan fingerprint density at radius 3 is 2.72 bits per heavy atom. The molecule has 1 aromatic carbocycles. The third-order valence-corrected chi connectivity index (χ3v) is 6.85. The molecule has 2 N–H and O–H groups in total. The van der Waals surface area contributed by atoms with E-state index in [0.29, 0.717) is 24.3 Å². The number of hydrogen-bond acceptors (Lipinski definition) is 5. The van der Waals surface area contributed by atoms with E-state index < -0.39 is 11.5 Å². The van der Waals surface area contributed by atoms with Crippen LogP contribution >= 0.6 is 23.1 Å². The molecule has 5 nitrogen and oxygen atoms in total. The number of fused-ring (bicyclic) bond motifs is 3. The lowest BCUT2D eigenvalue weighted by Gasteiger charge is -2.33. The number of aliphatic carboxylic acids is 1. The lowest BCUT2D eigenvalue weighted by atomic mass is 9.92. The van der Waals surface area contributed by atoms with Crippen LogP contribution in [0.1, 0.15) is 28.1 Å². The zero-order valence-electron chi connectivity index (χ0n) is 13.4. The number of thiophene rings is 1. The molecule has 0 unspecified atom stereocenters. The summed E-state index contributed by atoms with van der Waals surface area (Å²) in [6.45, 7) is 0.427. The zero-order valence-corrected chi connectivity index (χ0v) is 15.0. The third kappa shape index (κ3) is 2.91. The second kappa shape index (κ2) is 6.38. The first-order valence-corrected chi connectivity index (χ1v) is 10.0.